The quantitative estimate of drug-likeness (QED) is 0.392. The van der Waals surface area contributed by atoms with Gasteiger partial charge in [-0.1, -0.05) is 94.8 Å². The standard InChI is InChI=1S/C27H38O2Si/c1-26(2,3)30(24-15-7-5-8-16-24,25-17-9-6-10-18-25)29-21-12-11-19-27(4)20-13-14-23(28)22-27/h5-10,15-18H,11-14,19-22H2,1-4H3. The highest BCUT2D eigenvalue weighted by atomic mass is 28.4. The third-order valence-corrected chi connectivity index (χ3v) is 11.8. The van der Waals surface area contributed by atoms with Crippen molar-refractivity contribution in [2.24, 2.45) is 5.41 Å². The number of Topliss-reactive ketones (excluding diaryl/α,β-unsaturated/α-hetero) is 1. The normalized spacial score (nSPS) is 20.3. The number of benzene rings is 2. The largest absolute Gasteiger partial charge is 0.407 e. The minimum atomic E-state index is -2.42. The van der Waals surface area contributed by atoms with Crippen molar-refractivity contribution in [2.75, 3.05) is 6.61 Å². The van der Waals surface area contributed by atoms with E-state index >= 15 is 0 Å². The fourth-order valence-corrected chi connectivity index (χ4v) is 9.83. The lowest BCUT2D eigenvalue weighted by atomic mass is 9.72. The van der Waals surface area contributed by atoms with Crippen molar-refractivity contribution in [1.82, 2.24) is 0 Å². The summed E-state index contributed by atoms with van der Waals surface area (Å²) in [5.74, 6) is 0.451. The summed E-state index contributed by atoms with van der Waals surface area (Å²) in [4.78, 5) is 11.9. The minimum absolute atomic E-state index is 0.0253. The molecule has 0 spiro atoms. The summed E-state index contributed by atoms with van der Waals surface area (Å²) in [6, 6.07) is 21.7. The highest BCUT2D eigenvalue weighted by Crippen LogP contribution is 2.39. The van der Waals surface area contributed by atoms with Gasteiger partial charge in [0.2, 0.25) is 0 Å². The van der Waals surface area contributed by atoms with E-state index < -0.39 is 8.32 Å². The molecule has 1 atom stereocenters. The third kappa shape index (κ3) is 5.12. The highest BCUT2D eigenvalue weighted by Gasteiger charge is 2.49. The molecule has 0 radical (unpaired) electrons. The molecule has 0 bridgehead atoms. The van der Waals surface area contributed by atoms with E-state index in [0.717, 1.165) is 45.1 Å². The van der Waals surface area contributed by atoms with Crippen LogP contribution in [0.25, 0.3) is 0 Å². The monoisotopic (exact) mass is 422 g/mol. The summed E-state index contributed by atoms with van der Waals surface area (Å²) in [7, 11) is -2.42. The van der Waals surface area contributed by atoms with Gasteiger partial charge in [0, 0.05) is 19.4 Å². The average molecular weight is 423 g/mol. The Morgan fingerprint density at radius 1 is 0.933 bits per heavy atom. The maximum absolute atomic E-state index is 11.9. The van der Waals surface area contributed by atoms with E-state index in [2.05, 4.69) is 88.4 Å². The van der Waals surface area contributed by atoms with Crippen molar-refractivity contribution in [1.29, 1.82) is 0 Å². The Kier molecular flexibility index (Phi) is 7.36. The van der Waals surface area contributed by atoms with Gasteiger partial charge in [-0.15, -0.1) is 0 Å². The zero-order valence-corrected chi connectivity index (χ0v) is 20.2. The van der Waals surface area contributed by atoms with Crippen LogP contribution in [0.5, 0.6) is 0 Å². The van der Waals surface area contributed by atoms with Crippen LogP contribution >= 0.6 is 0 Å². The molecule has 0 saturated heterocycles. The number of ketones is 1. The molecule has 1 aliphatic carbocycles. The second kappa shape index (κ2) is 9.61. The Bertz CT molecular complexity index is 770. The van der Waals surface area contributed by atoms with Gasteiger partial charge in [0.25, 0.3) is 8.32 Å². The molecular weight excluding hydrogens is 384 g/mol. The van der Waals surface area contributed by atoms with E-state index in [4.69, 9.17) is 4.43 Å². The Morgan fingerprint density at radius 2 is 1.50 bits per heavy atom. The fraction of sp³-hybridized carbons (Fsp3) is 0.519. The number of carbonyl (C=O) groups is 1. The molecular formula is C27H38O2Si. The molecule has 1 fully saturated rings. The molecule has 0 aliphatic heterocycles. The van der Waals surface area contributed by atoms with Crippen molar-refractivity contribution in [3.63, 3.8) is 0 Å². The number of unbranched alkanes of at least 4 members (excludes halogenated alkanes) is 1. The zero-order valence-electron chi connectivity index (χ0n) is 19.2. The van der Waals surface area contributed by atoms with Gasteiger partial charge in [-0.25, -0.2) is 0 Å². The molecule has 0 heterocycles. The van der Waals surface area contributed by atoms with E-state index in [0.29, 0.717) is 5.78 Å². The fourth-order valence-electron chi connectivity index (χ4n) is 5.22. The maximum Gasteiger partial charge on any atom is 0.261 e. The molecule has 30 heavy (non-hydrogen) atoms. The van der Waals surface area contributed by atoms with Gasteiger partial charge in [-0.05, 0) is 46.5 Å². The van der Waals surface area contributed by atoms with E-state index in [1.165, 1.54) is 16.8 Å². The Labute approximate surface area is 184 Å². The van der Waals surface area contributed by atoms with Crippen LogP contribution in [0.2, 0.25) is 5.04 Å². The van der Waals surface area contributed by atoms with Crippen molar-refractivity contribution in [3.8, 4) is 0 Å². The van der Waals surface area contributed by atoms with Gasteiger partial charge < -0.3 is 4.43 Å². The van der Waals surface area contributed by atoms with Gasteiger partial charge in [0.1, 0.15) is 5.78 Å². The molecule has 1 unspecified atom stereocenters. The van der Waals surface area contributed by atoms with Crippen LogP contribution in [0.1, 0.15) is 72.6 Å². The van der Waals surface area contributed by atoms with Gasteiger partial charge in [0.05, 0.1) is 0 Å². The molecule has 1 saturated carbocycles. The number of rotatable bonds is 8. The van der Waals surface area contributed by atoms with Crippen LogP contribution in [0.3, 0.4) is 0 Å². The summed E-state index contributed by atoms with van der Waals surface area (Å²) >= 11 is 0. The molecule has 0 N–H and O–H groups in total. The molecule has 3 heteroatoms. The van der Waals surface area contributed by atoms with Crippen molar-refractivity contribution >= 4 is 24.5 Å². The van der Waals surface area contributed by atoms with Crippen LogP contribution in [-0.2, 0) is 9.22 Å². The molecule has 2 nitrogen and oxygen atoms in total. The van der Waals surface area contributed by atoms with Crippen LogP contribution in [0.4, 0.5) is 0 Å². The number of carbonyl (C=O) groups excluding carboxylic acids is 1. The van der Waals surface area contributed by atoms with E-state index in [9.17, 15) is 4.79 Å². The van der Waals surface area contributed by atoms with Crippen LogP contribution < -0.4 is 10.4 Å². The maximum atomic E-state index is 11.9. The molecule has 0 amide bonds. The predicted octanol–water partition coefficient (Wildman–Crippen LogP) is 5.88. The van der Waals surface area contributed by atoms with E-state index in [1.54, 1.807) is 0 Å². The van der Waals surface area contributed by atoms with Gasteiger partial charge in [-0.2, -0.15) is 0 Å². The Balaban J connectivity index is 1.74. The van der Waals surface area contributed by atoms with Gasteiger partial charge >= 0.3 is 0 Å². The van der Waals surface area contributed by atoms with Gasteiger partial charge in [0.15, 0.2) is 0 Å². The smallest absolute Gasteiger partial charge is 0.261 e. The first kappa shape index (κ1) is 23.0. The lowest BCUT2D eigenvalue weighted by Crippen LogP contribution is -2.66. The first-order valence-electron chi connectivity index (χ1n) is 11.5. The first-order valence-corrected chi connectivity index (χ1v) is 13.4. The topological polar surface area (TPSA) is 26.3 Å². The summed E-state index contributed by atoms with van der Waals surface area (Å²) < 4.78 is 6.98. The lowest BCUT2D eigenvalue weighted by molar-refractivity contribution is -0.123. The van der Waals surface area contributed by atoms with Crippen molar-refractivity contribution in [2.45, 2.75) is 77.7 Å². The number of hydrogen-bond acceptors (Lipinski definition) is 2. The van der Waals surface area contributed by atoms with E-state index in [1.807, 2.05) is 0 Å². The summed E-state index contributed by atoms with van der Waals surface area (Å²) in [6.45, 7) is 10.1. The van der Waals surface area contributed by atoms with Crippen LogP contribution in [-0.4, -0.2) is 20.7 Å². The second-order valence-corrected chi connectivity index (χ2v) is 14.7. The van der Waals surface area contributed by atoms with Crippen LogP contribution in [0, 0.1) is 5.41 Å². The van der Waals surface area contributed by atoms with Crippen molar-refractivity contribution < 1.29 is 9.22 Å². The highest BCUT2D eigenvalue weighted by molar-refractivity contribution is 6.99. The molecule has 1 aliphatic rings. The third-order valence-electron chi connectivity index (χ3n) is 6.77. The zero-order chi connectivity index (χ0) is 21.7. The van der Waals surface area contributed by atoms with E-state index in [-0.39, 0.29) is 10.5 Å². The summed E-state index contributed by atoms with van der Waals surface area (Å²) in [5.41, 5.74) is 0.201. The van der Waals surface area contributed by atoms with Gasteiger partial charge in [-0.3, -0.25) is 4.79 Å². The Morgan fingerprint density at radius 3 is 2.00 bits per heavy atom. The first-order chi connectivity index (χ1) is 14.3. The number of hydrogen-bond donors (Lipinski definition) is 0. The summed E-state index contributed by atoms with van der Waals surface area (Å²) in [6.07, 6.45) is 7.11. The second-order valence-electron chi connectivity index (χ2n) is 10.3. The average Bonchev–Trinajstić information content (AvgIpc) is 2.71. The molecule has 2 aromatic rings. The van der Waals surface area contributed by atoms with Crippen molar-refractivity contribution in [3.05, 3.63) is 60.7 Å². The molecule has 0 aromatic heterocycles. The molecule has 2 aromatic carbocycles. The molecule has 162 valence electrons. The molecule has 3 rings (SSSR count). The van der Waals surface area contributed by atoms with Crippen LogP contribution in [0.15, 0.2) is 60.7 Å². The Hall–Kier alpha value is -1.71. The lowest BCUT2D eigenvalue weighted by Gasteiger charge is -2.43. The predicted molar refractivity (Wildman–Crippen MR) is 129 cm³/mol. The minimum Gasteiger partial charge on any atom is -0.407 e. The summed E-state index contributed by atoms with van der Waals surface area (Å²) in [5, 5.41) is 2.71. The SMILES string of the molecule is CC1(CCCCO[Si](c2ccccc2)(c2ccccc2)C(C)(C)C)CCCC(=O)C1.